The van der Waals surface area contributed by atoms with E-state index in [0.29, 0.717) is 5.66 Å². The van der Waals surface area contributed by atoms with E-state index in [9.17, 15) is 0 Å². The molecule has 2 aromatic carbocycles. The van der Waals surface area contributed by atoms with Crippen molar-refractivity contribution in [1.82, 2.24) is 0 Å². The molecule has 1 heteroatoms. The summed E-state index contributed by atoms with van der Waals surface area (Å²) in [5, 5.41) is 2.92. The highest BCUT2D eigenvalue weighted by Gasteiger charge is 2.23. The van der Waals surface area contributed by atoms with Gasteiger partial charge in [-0.1, -0.05) is 85.8 Å². The second-order valence-electron chi connectivity index (χ2n) is 5.06. The van der Waals surface area contributed by atoms with E-state index in [-0.39, 0.29) is 7.92 Å². The van der Waals surface area contributed by atoms with Crippen LogP contribution >= 0.6 is 7.92 Å². The molecular weight excluding hydrogens is 259 g/mol. The largest absolute Gasteiger partial charge is 0.0804 e. The van der Waals surface area contributed by atoms with Crippen molar-refractivity contribution in [2.24, 2.45) is 0 Å². The van der Waals surface area contributed by atoms with Gasteiger partial charge in [-0.2, -0.15) is 0 Å². The Labute approximate surface area is 122 Å². The van der Waals surface area contributed by atoms with Gasteiger partial charge < -0.3 is 0 Å². The van der Waals surface area contributed by atoms with Gasteiger partial charge in [0.2, 0.25) is 0 Å². The summed E-state index contributed by atoms with van der Waals surface area (Å²) in [4.78, 5) is 0. The van der Waals surface area contributed by atoms with Crippen molar-refractivity contribution in [3.63, 3.8) is 0 Å². The molecular formula is C19H19P. The Hall–Kier alpha value is -1.65. The molecule has 0 saturated carbocycles. The number of allylic oxidation sites excluding steroid dienone is 4. The lowest BCUT2D eigenvalue weighted by Gasteiger charge is -2.26. The minimum Gasteiger partial charge on any atom is -0.0804 e. The van der Waals surface area contributed by atoms with E-state index >= 15 is 0 Å². The topological polar surface area (TPSA) is 0 Å². The van der Waals surface area contributed by atoms with Crippen molar-refractivity contribution in [2.75, 3.05) is 0 Å². The van der Waals surface area contributed by atoms with Gasteiger partial charge in [-0.3, -0.25) is 0 Å². The molecule has 0 nitrogen and oxygen atoms in total. The highest BCUT2D eigenvalue weighted by atomic mass is 31.1. The number of rotatable bonds is 4. The third kappa shape index (κ3) is 2.76. The van der Waals surface area contributed by atoms with Crippen LogP contribution in [0.25, 0.3) is 0 Å². The summed E-state index contributed by atoms with van der Waals surface area (Å²) in [7, 11) is -0.343. The van der Waals surface area contributed by atoms with Crippen LogP contribution in [0, 0.1) is 0 Å². The van der Waals surface area contributed by atoms with Gasteiger partial charge >= 0.3 is 0 Å². The molecule has 0 N–H and O–H groups in total. The van der Waals surface area contributed by atoms with Crippen molar-refractivity contribution in [2.45, 2.75) is 19.0 Å². The van der Waals surface area contributed by atoms with Crippen LogP contribution in [-0.4, -0.2) is 5.66 Å². The van der Waals surface area contributed by atoms with Crippen LogP contribution in [0.15, 0.2) is 84.5 Å². The fraction of sp³-hybridized carbons (Fsp3) is 0.158. The van der Waals surface area contributed by atoms with Crippen molar-refractivity contribution >= 4 is 18.5 Å². The normalized spacial score (nSPS) is 15.4. The van der Waals surface area contributed by atoms with Gasteiger partial charge in [0.15, 0.2) is 0 Å². The molecule has 1 aliphatic rings. The monoisotopic (exact) mass is 278 g/mol. The van der Waals surface area contributed by atoms with Gasteiger partial charge in [0.1, 0.15) is 0 Å². The molecule has 0 amide bonds. The maximum atomic E-state index is 2.37. The fourth-order valence-corrected chi connectivity index (χ4v) is 5.38. The highest BCUT2D eigenvalue weighted by molar-refractivity contribution is 7.73. The van der Waals surface area contributed by atoms with Crippen LogP contribution in [0.5, 0.6) is 0 Å². The van der Waals surface area contributed by atoms with Crippen molar-refractivity contribution in [1.29, 1.82) is 0 Å². The first kappa shape index (κ1) is 13.3. The van der Waals surface area contributed by atoms with E-state index in [1.54, 1.807) is 0 Å². The summed E-state index contributed by atoms with van der Waals surface area (Å²) in [5.74, 6) is 0. The summed E-state index contributed by atoms with van der Waals surface area (Å²) in [6.07, 6.45) is 8.01. The van der Waals surface area contributed by atoms with E-state index in [0.717, 1.165) is 6.42 Å². The lowest BCUT2D eigenvalue weighted by Crippen LogP contribution is -2.20. The molecule has 1 aliphatic carbocycles. The summed E-state index contributed by atoms with van der Waals surface area (Å²) in [6, 6.07) is 21.9. The first-order valence-electron chi connectivity index (χ1n) is 7.12. The van der Waals surface area contributed by atoms with Crippen LogP contribution in [0.4, 0.5) is 0 Å². The van der Waals surface area contributed by atoms with Crippen LogP contribution < -0.4 is 10.6 Å². The third-order valence-electron chi connectivity index (χ3n) is 3.74. The SMILES string of the molecule is CC(C1=CCC=C1)P(c1ccccc1)c1ccccc1. The van der Waals surface area contributed by atoms with Crippen molar-refractivity contribution in [3.05, 3.63) is 84.5 Å². The predicted octanol–water partition coefficient (Wildman–Crippen LogP) is 4.39. The van der Waals surface area contributed by atoms with Crippen LogP contribution in [-0.2, 0) is 0 Å². The second kappa shape index (κ2) is 6.20. The van der Waals surface area contributed by atoms with Crippen LogP contribution in [0.1, 0.15) is 13.3 Å². The van der Waals surface area contributed by atoms with Crippen LogP contribution in [0.3, 0.4) is 0 Å². The molecule has 100 valence electrons. The molecule has 0 spiro atoms. The molecule has 0 aliphatic heterocycles. The zero-order chi connectivity index (χ0) is 13.8. The maximum absolute atomic E-state index is 2.37. The first-order chi connectivity index (χ1) is 9.86. The molecule has 0 bridgehead atoms. The average Bonchev–Trinajstić information content (AvgIpc) is 3.04. The molecule has 0 aromatic heterocycles. The van der Waals surface area contributed by atoms with Gasteiger partial charge in [0, 0.05) is 5.66 Å². The number of hydrogen-bond acceptors (Lipinski definition) is 0. The Balaban J connectivity index is 2.02. The predicted molar refractivity (Wildman–Crippen MR) is 90.4 cm³/mol. The van der Waals surface area contributed by atoms with E-state index in [2.05, 4.69) is 85.8 Å². The van der Waals surface area contributed by atoms with Crippen LogP contribution in [0.2, 0.25) is 0 Å². The first-order valence-corrected chi connectivity index (χ1v) is 8.53. The number of hydrogen-bond donors (Lipinski definition) is 0. The van der Waals surface area contributed by atoms with E-state index < -0.39 is 0 Å². The summed E-state index contributed by atoms with van der Waals surface area (Å²) >= 11 is 0. The molecule has 0 saturated heterocycles. The second-order valence-corrected chi connectivity index (χ2v) is 7.61. The highest BCUT2D eigenvalue weighted by Crippen LogP contribution is 2.43. The summed E-state index contributed by atoms with van der Waals surface area (Å²) in [6.45, 7) is 2.37. The molecule has 2 aromatic rings. The molecule has 3 rings (SSSR count). The molecule has 0 fully saturated rings. The third-order valence-corrected chi connectivity index (χ3v) is 6.52. The summed E-state index contributed by atoms with van der Waals surface area (Å²) < 4.78 is 0. The Morgan fingerprint density at radius 2 is 1.40 bits per heavy atom. The van der Waals surface area contributed by atoms with Crippen molar-refractivity contribution < 1.29 is 0 Å². The fourth-order valence-electron chi connectivity index (χ4n) is 2.71. The Kier molecular flexibility index (Phi) is 4.14. The zero-order valence-corrected chi connectivity index (χ0v) is 12.6. The lowest BCUT2D eigenvalue weighted by atomic mass is 10.2. The van der Waals surface area contributed by atoms with Gasteiger partial charge in [-0.05, 0) is 30.5 Å². The zero-order valence-electron chi connectivity index (χ0n) is 11.7. The standard InChI is InChI=1S/C19H19P/c1-16(17-10-8-9-11-17)20(18-12-4-2-5-13-18)19-14-6-3-7-15-19/h2-8,10-16H,9H2,1H3. The molecule has 1 unspecified atom stereocenters. The van der Waals surface area contributed by atoms with E-state index in [4.69, 9.17) is 0 Å². The van der Waals surface area contributed by atoms with Gasteiger partial charge in [0.05, 0.1) is 0 Å². The summed E-state index contributed by atoms with van der Waals surface area (Å²) in [5.41, 5.74) is 2.05. The number of benzene rings is 2. The lowest BCUT2D eigenvalue weighted by molar-refractivity contribution is 1.16. The van der Waals surface area contributed by atoms with Gasteiger partial charge in [0.25, 0.3) is 0 Å². The Morgan fingerprint density at radius 3 is 1.85 bits per heavy atom. The van der Waals surface area contributed by atoms with Crippen molar-refractivity contribution in [3.8, 4) is 0 Å². The molecule has 20 heavy (non-hydrogen) atoms. The minimum absolute atomic E-state index is 0.343. The quantitative estimate of drug-likeness (QED) is 0.727. The van der Waals surface area contributed by atoms with E-state index in [1.165, 1.54) is 16.2 Å². The maximum Gasteiger partial charge on any atom is 0.00905 e. The van der Waals surface area contributed by atoms with E-state index in [1.807, 2.05) is 0 Å². The molecule has 0 heterocycles. The average molecular weight is 278 g/mol. The Bertz CT molecular complexity index is 571. The molecule has 1 atom stereocenters. The minimum atomic E-state index is -0.343. The Morgan fingerprint density at radius 1 is 0.850 bits per heavy atom. The smallest absolute Gasteiger partial charge is 0.00905 e. The van der Waals surface area contributed by atoms with Gasteiger partial charge in [-0.15, -0.1) is 0 Å². The molecule has 0 radical (unpaired) electrons. The van der Waals surface area contributed by atoms with Gasteiger partial charge in [-0.25, -0.2) is 0 Å².